The van der Waals surface area contributed by atoms with Crippen LogP contribution in [0.2, 0.25) is 0 Å². The van der Waals surface area contributed by atoms with Gasteiger partial charge in [0, 0.05) is 24.6 Å². The lowest BCUT2D eigenvalue weighted by molar-refractivity contribution is -0.135. The molecule has 27 heavy (non-hydrogen) atoms. The van der Waals surface area contributed by atoms with Crippen LogP contribution < -0.4 is 0 Å². The summed E-state index contributed by atoms with van der Waals surface area (Å²) in [6.45, 7) is 2.29. The predicted octanol–water partition coefficient (Wildman–Crippen LogP) is 3.18. The number of sulfonamides is 1. The first kappa shape index (κ1) is 20.0. The number of halogens is 1. The Morgan fingerprint density at radius 1 is 1.15 bits per heavy atom. The van der Waals surface area contributed by atoms with Crippen LogP contribution in [0.1, 0.15) is 23.6 Å². The fraction of sp³-hybridized carbons (Fsp3) is 0.350. The van der Waals surface area contributed by atoms with Gasteiger partial charge in [0.2, 0.25) is 15.9 Å². The van der Waals surface area contributed by atoms with E-state index in [0.29, 0.717) is 13.0 Å². The molecule has 0 fully saturated rings. The van der Waals surface area contributed by atoms with Crippen LogP contribution in [0.25, 0.3) is 0 Å². The Labute approximate surface area is 169 Å². The van der Waals surface area contributed by atoms with Crippen molar-refractivity contribution < 1.29 is 13.2 Å². The minimum Gasteiger partial charge on any atom is -0.340 e. The van der Waals surface area contributed by atoms with E-state index in [4.69, 9.17) is 0 Å². The molecular weight excluding hydrogens is 428 g/mol. The number of hydrogen-bond acceptors (Lipinski definition) is 3. The third kappa shape index (κ3) is 4.42. The van der Waals surface area contributed by atoms with Crippen molar-refractivity contribution in [3.63, 3.8) is 0 Å². The van der Waals surface area contributed by atoms with Gasteiger partial charge in [0.05, 0.1) is 5.75 Å². The zero-order valence-electron chi connectivity index (χ0n) is 15.4. The molecule has 2 aromatic rings. The van der Waals surface area contributed by atoms with Crippen molar-refractivity contribution in [2.45, 2.75) is 32.5 Å². The molecule has 3 rings (SSSR count). The molecule has 7 heteroatoms. The molecule has 2 aromatic carbocycles. The summed E-state index contributed by atoms with van der Waals surface area (Å²) < 4.78 is 27.6. The molecular formula is C20H23BrN2O3S. The summed E-state index contributed by atoms with van der Waals surface area (Å²) in [6.07, 6.45) is 0.402. The molecule has 0 saturated heterocycles. The molecule has 1 heterocycles. The van der Waals surface area contributed by atoms with Crippen LogP contribution >= 0.6 is 15.9 Å². The number of benzene rings is 2. The lowest BCUT2D eigenvalue weighted by Gasteiger charge is -2.36. The predicted molar refractivity (Wildman–Crippen MR) is 110 cm³/mol. The highest BCUT2D eigenvalue weighted by Crippen LogP contribution is 2.27. The van der Waals surface area contributed by atoms with E-state index in [0.717, 1.165) is 21.2 Å². The van der Waals surface area contributed by atoms with E-state index in [-0.39, 0.29) is 18.2 Å². The van der Waals surface area contributed by atoms with E-state index >= 15 is 0 Å². The van der Waals surface area contributed by atoms with E-state index in [1.165, 1.54) is 4.31 Å². The van der Waals surface area contributed by atoms with Gasteiger partial charge < -0.3 is 4.90 Å². The van der Waals surface area contributed by atoms with Crippen molar-refractivity contribution in [2.75, 3.05) is 12.8 Å². The second-order valence-electron chi connectivity index (χ2n) is 6.76. The monoisotopic (exact) mass is 450 g/mol. The second kappa shape index (κ2) is 8.12. The average molecular weight is 451 g/mol. The number of rotatable bonds is 5. The molecule has 144 valence electrons. The molecule has 1 aliphatic rings. The summed E-state index contributed by atoms with van der Waals surface area (Å²) in [5.41, 5.74) is 3.00. The molecule has 0 saturated carbocycles. The first-order chi connectivity index (χ1) is 12.8. The molecule has 0 aromatic heterocycles. The van der Waals surface area contributed by atoms with Gasteiger partial charge in [-0.3, -0.25) is 4.79 Å². The van der Waals surface area contributed by atoms with Gasteiger partial charge in [0.25, 0.3) is 0 Å². The summed E-state index contributed by atoms with van der Waals surface area (Å²) in [5, 5.41) is 0. The molecule has 1 atom stereocenters. The Balaban J connectivity index is 1.86. The Bertz CT molecular complexity index is 928. The maximum Gasteiger partial charge on any atom is 0.241 e. The van der Waals surface area contributed by atoms with E-state index < -0.39 is 16.1 Å². The molecule has 1 unspecified atom stereocenters. The van der Waals surface area contributed by atoms with Gasteiger partial charge in [0.15, 0.2) is 0 Å². The minimum atomic E-state index is -3.49. The number of hydrogen-bond donors (Lipinski definition) is 0. The molecule has 0 bridgehead atoms. The fourth-order valence-electron chi connectivity index (χ4n) is 3.36. The van der Waals surface area contributed by atoms with Crippen LogP contribution in [0.15, 0.2) is 53.0 Å². The first-order valence-electron chi connectivity index (χ1n) is 8.87. The summed E-state index contributed by atoms with van der Waals surface area (Å²) >= 11 is 3.40. The fourth-order valence-corrected chi connectivity index (χ4v) is 4.85. The quantitative estimate of drug-likeness (QED) is 0.702. The van der Waals surface area contributed by atoms with Crippen LogP contribution in [0.4, 0.5) is 0 Å². The van der Waals surface area contributed by atoms with Crippen LogP contribution in [0.5, 0.6) is 0 Å². The largest absolute Gasteiger partial charge is 0.340 e. The maximum atomic E-state index is 13.2. The standard InChI is InChI=1S/C20H23BrN2O3S/c1-3-27(25,26)23-14-17-7-5-4-6-16(17)12-19(23)20(24)22(2)13-15-8-10-18(21)11-9-15/h4-11,19H,3,12-14H2,1-2H3. The summed E-state index contributed by atoms with van der Waals surface area (Å²) in [6, 6.07) is 14.8. The number of carbonyl (C=O) groups is 1. The van der Waals surface area contributed by atoms with Crippen molar-refractivity contribution in [2.24, 2.45) is 0 Å². The number of nitrogens with zero attached hydrogens (tertiary/aromatic N) is 2. The molecule has 0 radical (unpaired) electrons. The van der Waals surface area contributed by atoms with E-state index in [1.807, 2.05) is 48.5 Å². The number of fused-ring (bicyclic) bond motifs is 1. The number of carbonyl (C=O) groups excluding carboxylic acids is 1. The Kier molecular flexibility index (Phi) is 6.03. The molecule has 0 spiro atoms. The number of likely N-dealkylation sites (N-methyl/N-ethyl adjacent to an activating group) is 1. The Morgan fingerprint density at radius 2 is 1.78 bits per heavy atom. The zero-order chi connectivity index (χ0) is 19.6. The lowest BCUT2D eigenvalue weighted by atomic mass is 9.95. The van der Waals surface area contributed by atoms with Gasteiger partial charge in [-0.25, -0.2) is 8.42 Å². The smallest absolute Gasteiger partial charge is 0.241 e. The van der Waals surface area contributed by atoms with Crippen molar-refractivity contribution in [1.82, 2.24) is 9.21 Å². The van der Waals surface area contributed by atoms with Gasteiger partial charge in [-0.1, -0.05) is 52.3 Å². The normalized spacial score (nSPS) is 17.4. The number of amides is 1. The van der Waals surface area contributed by atoms with Crippen molar-refractivity contribution >= 4 is 31.9 Å². The van der Waals surface area contributed by atoms with E-state index in [9.17, 15) is 13.2 Å². The van der Waals surface area contributed by atoms with Crippen LogP contribution in [-0.2, 0) is 34.3 Å². The zero-order valence-corrected chi connectivity index (χ0v) is 17.8. The van der Waals surface area contributed by atoms with Gasteiger partial charge in [-0.15, -0.1) is 0 Å². The first-order valence-corrected chi connectivity index (χ1v) is 11.3. The van der Waals surface area contributed by atoms with Gasteiger partial charge in [-0.2, -0.15) is 4.31 Å². The summed E-state index contributed by atoms with van der Waals surface area (Å²) in [5.74, 6) is -0.195. The van der Waals surface area contributed by atoms with Gasteiger partial charge in [-0.05, 0) is 42.2 Å². The average Bonchev–Trinajstić information content (AvgIpc) is 2.68. The highest BCUT2D eigenvalue weighted by Gasteiger charge is 2.39. The summed E-state index contributed by atoms with van der Waals surface area (Å²) in [4.78, 5) is 14.8. The Hall–Kier alpha value is -1.70. The van der Waals surface area contributed by atoms with Crippen LogP contribution in [0, 0.1) is 0 Å². The molecule has 1 amide bonds. The van der Waals surface area contributed by atoms with Crippen molar-refractivity contribution in [3.8, 4) is 0 Å². The molecule has 5 nitrogen and oxygen atoms in total. The summed E-state index contributed by atoms with van der Waals surface area (Å²) in [7, 11) is -1.77. The van der Waals surface area contributed by atoms with Gasteiger partial charge >= 0.3 is 0 Å². The Morgan fingerprint density at radius 3 is 2.41 bits per heavy atom. The van der Waals surface area contributed by atoms with Crippen LogP contribution in [0.3, 0.4) is 0 Å². The maximum absolute atomic E-state index is 13.2. The van der Waals surface area contributed by atoms with Crippen LogP contribution in [-0.4, -0.2) is 42.4 Å². The van der Waals surface area contributed by atoms with Crippen molar-refractivity contribution in [3.05, 3.63) is 69.7 Å². The third-order valence-corrected chi connectivity index (χ3v) is 7.28. The highest BCUT2D eigenvalue weighted by molar-refractivity contribution is 9.10. The van der Waals surface area contributed by atoms with E-state index in [1.54, 1.807) is 18.9 Å². The SMILES string of the molecule is CCS(=O)(=O)N1Cc2ccccc2CC1C(=O)N(C)Cc1ccc(Br)cc1. The van der Waals surface area contributed by atoms with Gasteiger partial charge in [0.1, 0.15) is 6.04 Å². The molecule has 0 N–H and O–H groups in total. The lowest BCUT2D eigenvalue weighted by Crippen LogP contribution is -2.53. The van der Waals surface area contributed by atoms with E-state index in [2.05, 4.69) is 15.9 Å². The third-order valence-electron chi connectivity index (χ3n) is 4.92. The molecule has 1 aliphatic heterocycles. The minimum absolute atomic E-state index is 0.0185. The second-order valence-corrected chi connectivity index (χ2v) is 9.88. The molecule has 0 aliphatic carbocycles. The van der Waals surface area contributed by atoms with Crippen molar-refractivity contribution in [1.29, 1.82) is 0 Å². The topological polar surface area (TPSA) is 57.7 Å². The highest BCUT2D eigenvalue weighted by atomic mass is 79.9.